The summed E-state index contributed by atoms with van der Waals surface area (Å²) in [5.74, 6) is 0.703. The summed E-state index contributed by atoms with van der Waals surface area (Å²) in [5, 5.41) is 4.08. The molecule has 2 atom stereocenters. The highest BCUT2D eigenvalue weighted by Gasteiger charge is 2.19. The van der Waals surface area contributed by atoms with Crippen molar-refractivity contribution in [2.75, 3.05) is 32.6 Å². The zero-order chi connectivity index (χ0) is 22.1. The number of rotatable bonds is 9. The molecule has 0 bridgehead atoms. The highest BCUT2D eigenvalue weighted by molar-refractivity contribution is 7.98. The number of esters is 1. The first-order valence-electron chi connectivity index (χ1n) is 10.3. The lowest BCUT2D eigenvalue weighted by atomic mass is 10.1. The molecule has 1 saturated heterocycles. The van der Waals surface area contributed by atoms with E-state index in [-0.39, 0.29) is 5.97 Å². The van der Waals surface area contributed by atoms with Crippen molar-refractivity contribution in [1.82, 2.24) is 15.3 Å². The van der Waals surface area contributed by atoms with Crippen molar-refractivity contribution in [2.24, 2.45) is 10.9 Å². The Kier molecular flexibility index (Phi) is 8.61. The minimum absolute atomic E-state index is 0.303. The Morgan fingerprint density at radius 3 is 2.94 bits per heavy atom. The van der Waals surface area contributed by atoms with E-state index in [1.165, 1.54) is 11.8 Å². The van der Waals surface area contributed by atoms with Gasteiger partial charge in [0.2, 0.25) is 0 Å². The molecule has 0 radical (unpaired) electrons. The van der Waals surface area contributed by atoms with E-state index in [0.29, 0.717) is 34.7 Å². The molecule has 0 aliphatic carbocycles. The standard InChI is InChI=1S/C23H28N4O3S/c1-4-18-14-26-23(31-3)27-20(18)21(25-13-17-10-11-29-15-17)24-12-16(2)30-22(28)19-8-6-5-7-9-19/h4-9,14,16-17H,1,10-13,15H2,2-3H3,(H,24,25). The van der Waals surface area contributed by atoms with Crippen LogP contribution in [0.25, 0.3) is 6.08 Å². The van der Waals surface area contributed by atoms with Crippen molar-refractivity contribution in [3.63, 3.8) is 0 Å². The SMILES string of the molecule is C=Cc1cnc(SC)nc1C(=NCC(C)OC(=O)c1ccccc1)NCC1CCOC1. The molecule has 0 saturated carbocycles. The largest absolute Gasteiger partial charge is 0.457 e. The van der Waals surface area contributed by atoms with Gasteiger partial charge in [-0.1, -0.05) is 42.6 Å². The van der Waals surface area contributed by atoms with Crippen LogP contribution in [0.4, 0.5) is 0 Å². The first-order chi connectivity index (χ1) is 15.1. The van der Waals surface area contributed by atoms with E-state index in [1.54, 1.807) is 24.4 Å². The maximum absolute atomic E-state index is 12.3. The van der Waals surface area contributed by atoms with Gasteiger partial charge < -0.3 is 14.8 Å². The predicted octanol–water partition coefficient (Wildman–Crippen LogP) is 3.46. The van der Waals surface area contributed by atoms with Crippen LogP contribution in [0.2, 0.25) is 0 Å². The van der Waals surface area contributed by atoms with Gasteiger partial charge in [0.15, 0.2) is 5.16 Å². The van der Waals surface area contributed by atoms with E-state index in [2.05, 4.69) is 21.9 Å². The molecule has 0 spiro atoms. The van der Waals surface area contributed by atoms with Crippen LogP contribution in [0.1, 0.15) is 35.0 Å². The molecule has 1 aliphatic rings. The molecule has 8 heteroatoms. The fourth-order valence-electron chi connectivity index (χ4n) is 3.09. The number of nitrogens with zero attached hydrogens (tertiary/aromatic N) is 3. The van der Waals surface area contributed by atoms with Gasteiger partial charge in [0.05, 0.1) is 18.7 Å². The van der Waals surface area contributed by atoms with Crippen molar-refractivity contribution in [2.45, 2.75) is 24.6 Å². The normalized spacial score (nSPS) is 17.2. The highest BCUT2D eigenvalue weighted by Crippen LogP contribution is 2.15. The maximum Gasteiger partial charge on any atom is 0.338 e. The van der Waals surface area contributed by atoms with Crippen LogP contribution in [0, 0.1) is 5.92 Å². The first kappa shape index (κ1) is 23.0. The molecule has 31 heavy (non-hydrogen) atoms. The fraction of sp³-hybridized carbons (Fsp3) is 0.391. The molecule has 1 aromatic carbocycles. The third-order valence-electron chi connectivity index (χ3n) is 4.83. The second-order valence-electron chi connectivity index (χ2n) is 7.25. The van der Waals surface area contributed by atoms with Crippen LogP contribution < -0.4 is 5.32 Å². The van der Waals surface area contributed by atoms with Crippen molar-refractivity contribution in [3.8, 4) is 0 Å². The lowest BCUT2D eigenvalue weighted by Crippen LogP contribution is -2.33. The third-order valence-corrected chi connectivity index (χ3v) is 5.39. The fourth-order valence-corrected chi connectivity index (χ4v) is 3.44. The second-order valence-corrected chi connectivity index (χ2v) is 8.02. The van der Waals surface area contributed by atoms with E-state index in [9.17, 15) is 4.79 Å². The summed E-state index contributed by atoms with van der Waals surface area (Å²) in [6.45, 7) is 8.26. The summed E-state index contributed by atoms with van der Waals surface area (Å²) in [7, 11) is 0. The topological polar surface area (TPSA) is 85.7 Å². The molecule has 2 unspecified atom stereocenters. The number of carbonyl (C=O) groups excluding carboxylic acids is 1. The molecule has 2 heterocycles. The van der Waals surface area contributed by atoms with Gasteiger partial charge in [-0.05, 0) is 31.7 Å². The first-order valence-corrected chi connectivity index (χ1v) is 11.5. The van der Waals surface area contributed by atoms with Crippen LogP contribution in [-0.4, -0.2) is 60.4 Å². The summed E-state index contributed by atoms with van der Waals surface area (Å²) >= 11 is 1.46. The van der Waals surface area contributed by atoms with Crippen molar-refractivity contribution in [1.29, 1.82) is 0 Å². The van der Waals surface area contributed by atoms with Crippen LogP contribution in [-0.2, 0) is 9.47 Å². The van der Waals surface area contributed by atoms with Crippen LogP contribution >= 0.6 is 11.8 Å². The van der Waals surface area contributed by atoms with Gasteiger partial charge in [0.25, 0.3) is 0 Å². The van der Waals surface area contributed by atoms with Gasteiger partial charge in [0.1, 0.15) is 17.6 Å². The van der Waals surface area contributed by atoms with E-state index < -0.39 is 6.10 Å². The molecule has 1 aliphatic heterocycles. The number of hydrogen-bond acceptors (Lipinski definition) is 7. The Bertz CT molecular complexity index is 914. The number of carbonyl (C=O) groups is 1. The van der Waals surface area contributed by atoms with Gasteiger partial charge in [0, 0.05) is 30.8 Å². The summed E-state index contributed by atoms with van der Waals surface area (Å²) in [4.78, 5) is 26.0. The minimum atomic E-state index is -0.395. The number of thioether (sulfide) groups is 1. The number of benzene rings is 1. The summed E-state index contributed by atoms with van der Waals surface area (Å²) in [6, 6.07) is 8.94. The number of aliphatic imine (C=N–C) groups is 1. The number of aromatic nitrogens is 2. The quantitative estimate of drug-likeness (QED) is 0.210. The lowest BCUT2D eigenvalue weighted by molar-refractivity contribution is 0.0359. The van der Waals surface area contributed by atoms with E-state index in [4.69, 9.17) is 14.5 Å². The van der Waals surface area contributed by atoms with Crippen molar-refractivity contribution < 1.29 is 14.3 Å². The monoisotopic (exact) mass is 440 g/mol. The lowest BCUT2D eigenvalue weighted by Gasteiger charge is -2.16. The minimum Gasteiger partial charge on any atom is -0.457 e. The van der Waals surface area contributed by atoms with Crippen molar-refractivity contribution >= 4 is 29.6 Å². The molecule has 3 rings (SSSR count). The van der Waals surface area contributed by atoms with Gasteiger partial charge in [-0.3, -0.25) is 4.99 Å². The smallest absolute Gasteiger partial charge is 0.338 e. The summed E-state index contributed by atoms with van der Waals surface area (Å²) in [6.07, 6.45) is 6.01. The van der Waals surface area contributed by atoms with Gasteiger partial charge >= 0.3 is 5.97 Å². The molecule has 1 aromatic heterocycles. The Morgan fingerprint density at radius 2 is 2.26 bits per heavy atom. The van der Waals surface area contributed by atoms with Gasteiger partial charge in [-0.25, -0.2) is 14.8 Å². The molecular formula is C23H28N4O3S. The molecule has 2 aromatic rings. The molecule has 7 nitrogen and oxygen atoms in total. The number of hydrogen-bond donors (Lipinski definition) is 1. The van der Waals surface area contributed by atoms with Gasteiger partial charge in [-0.15, -0.1) is 0 Å². The summed E-state index contributed by atoms with van der Waals surface area (Å²) < 4.78 is 11.0. The molecule has 1 N–H and O–H groups in total. The Balaban J connectivity index is 1.76. The van der Waals surface area contributed by atoms with E-state index >= 15 is 0 Å². The van der Waals surface area contributed by atoms with Gasteiger partial charge in [-0.2, -0.15) is 0 Å². The predicted molar refractivity (Wildman–Crippen MR) is 124 cm³/mol. The zero-order valence-corrected chi connectivity index (χ0v) is 18.7. The van der Waals surface area contributed by atoms with Crippen LogP contribution in [0.5, 0.6) is 0 Å². The Labute approximate surface area is 187 Å². The molecule has 164 valence electrons. The van der Waals surface area contributed by atoms with E-state index in [0.717, 1.165) is 31.7 Å². The maximum atomic E-state index is 12.3. The summed E-state index contributed by atoms with van der Waals surface area (Å²) in [5.41, 5.74) is 2.00. The van der Waals surface area contributed by atoms with Crippen molar-refractivity contribution in [3.05, 3.63) is 59.9 Å². The average molecular weight is 441 g/mol. The average Bonchev–Trinajstić information content (AvgIpc) is 3.33. The van der Waals surface area contributed by atoms with E-state index in [1.807, 2.05) is 31.4 Å². The Morgan fingerprint density at radius 1 is 1.45 bits per heavy atom. The second kappa shape index (κ2) is 11.6. The molecular weight excluding hydrogens is 412 g/mol. The molecule has 1 fully saturated rings. The molecule has 0 amide bonds. The number of ether oxygens (including phenoxy) is 2. The highest BCUT2D eigenvalue weighted by atomic mass is 32.2. The van der Waals surface area contributed by atoms with Crippen LogP contribution in [0.3, 0.4) is 0 Å². The Hall–Kier alpha value is -2.71. The van der Waals surface area contributed by atoms with Crippen LogP contribution in [0.15, 0.2) is 53.3 Å². The zero-order valence-electron chi connectivity index (χ0n) is 17.9. The number of nitrogens with one attached hydrogen (secondary N) is 1. The number of amidine groups is 1. The third kappa shape index (κ3) is 6.63.